The number of carbonyl (C=O) groups is 4. The van der Waals surface area contributed by atoms with E-state index in [0.29, 0.717) is 5.13 Å². The molecule has 0 radical (unpaired) electrons. The van der Waals surface area contributed by atoms with Gasteiger partial charge in [-0.2, -0.15) is 0 Å². The normalized spacial score (nSPS) is 11.5. The summed E-state index contributed by atoms with van der Waals surface area (Å²) in [6, 6.07) is -1.39. The molecule has 1 aromatic heterocycles. The van der Waals surface area contributed by atoms with Crippen LogP contribution in [0.15, 0.2) is 5.38 Å². The van der Waals surface area contributed by atoms with Gasteiger partial charge in [-0.1, -0.05) is 0 Å². The number of thiazole rings is 1. The molecule has 1 atom stereocenters. The number of hydrogen-bond donors (Lipinski definition) is 4. The van der Waals surface area contributed by atoms with E-state index in [4.69, 9.17) is 10.8 Å². The Kier molecular flexibility index (Phi) is 6.45. The van der Waals surface area contributed by atoms with E-state index < -0.39 is 36.2 Å². The number of primary amides is 1. The fourth-order valence-corrected chi connectivity index (χ4v) is 2.19. The van der Waals surface area contributed by atoms with Crippen molar-refractivity contribution in [2.75, 3.05) is 5.32 Å². The molecule has 1 unspecified atom stereocenters. The first-order valence-corrected chi connectivity index (χ1v) is 7.18. The molecule has 3 amide bonds. The summed E-state index contributed by atoms with van der Waals surface area (Å²) in [6.45, 7) is 1.78. The molecule has 5 N–H and O–H groups in total. The molecular formula is C12H16N4O5S. The predicted molar refractivity (Wildman–Crippen MR) is 78.1 cm³/mol. The third-order valence-electron chi connectivity index (χ3n) is 2.48. The summed E-state index contributed by atoms with van der Waals surface area (Å²) < 4.78 is 0. The summed E-state index contributed by atoms with van der Waals surface area (Å²) in [5, 5.41) is 15.7. The van der Waals surface area contributed by atoms with Crippen LogP contribution in [0, 0.1) is 6.92 Å². The topological polar surface area (TPSA) is 151 Å². The van der Waals surface area contributed by atoms with Crippen LogP contribution in [-0.2, 0) is 19.2 Å². The van der Waals surface area contributed by atoms with Crippen molar-refractivity contribution in [1.82, 2.24) is 10.3 Å². The third-order valence-corrected chi connectivity index (χ3v) is 3.36. The maximum atomic E-state index is 11.6. The Morgan fingerprint density at radius 3 is 2.45 bits per heavy atom. The van der Waals surface area contributed by atoms with Crippen LogP contribution in [0.3, 0.4) is 0 Å². The van der Waals surface area contributed by atoms with E-state index >= 15 is 0 Å². The number of aromatic nitrogens is 1. The van der Waals surface area contributed by atoms with Gasteiger partial charge in [0.1, 0.15) is 6.04 Å². The summed E-state index contributed by atoms with van der Waals surface area (Å²) >= 11 is 1.26. The van der Waals surface area contributed by atoms with Crippen LogP contribution in [-0.4, -0.2) is 39.8 Å². The van der Waals surface area contributed by atoms with Gasteiger partial charge in [0, 0.05) is 18.2 Å². The summed E-state index contributed by atoms with van der Waals surface area (Å²) in [6.07, 6.45) is -0.849. The molecule has 120 valence electrons. The highest BCUT2D eigenvalue weighted by Crippen LogP contribution is 2.14. The second kappa shape index (κ2) is 8.08. The third kappa shape index (κ3) is 6.31. The standard InChI is InChI=1S/C12H16N4O5S/c1-6-5-22-12(14-6)16-10(19)3-2-9(18)15-7(11(20)21)4-8(13)17/h5,7H,2-4H2,1H3,(H2,13,17)(H,15,18)(H,20,21)(H,14,16,19). The fourth-order valence-electron chi connectivity index (χ4n) is 1.49. The number of carboxylic acids is 1. The Labute approximate surface area is 129 Å². The molecule has 0 spiro atoms. The van der Waals surface area contributed by atoms with Crippen molar-refractivity contribution in [1.29, 1.82) is 0 Å². The Morgan fingerprint density at radius 2 is 1.95 bits per heavy atom. The Morgan fingerprint density at radius 1 is 1.32 bits per heavy atom. The average Bonchev–Trinajstić information content (AvgIpc) is 2.80. The van der Waals surface area contributed by atoms with Crippen LogP contribution in [0.2, 0.25) is 0 Å². The summed E-state index contributed by atoms with van der Waals surface area (Å²) in [5.41, 5.74) is 5.67. The molecule has 0 aliphatic carbocycles. The van der Waals surface area contributed by atoms with Crippen molar-refractivity contribution in [2.24, 2.45) is 5.73 Å². The van der Waals surface area contributed by atoms with Gasteiger partial charge in [0.2, 0.25) is 17.7 Å². The molecule has 9 nitrogen and oxygen atoms in total. The number of carbonyl (C=O) groups excluding carboxylic acids is 3. The number of nitrogens with zero attached hydrogens (tertiary/aromatic N) is 1. The quantitative estimate of drug-likeness (QED) is 0.510. The monoisotopic (exact) mass is 328 g/mol. The molecule has 10 heteroatoms. The van der Waals surface area contributed by atoms with Gasteiger partial charge in [-0.25, -0.2) is 9.78 Å². The molecule has 0 bridgehead atoms. The minimum absolute atomic E-state index is 0.132. The van der Waals surface area contributed by atoms with Gasteiger partial charge in [-0.3, -0.25) is 14.4 Å². The lowest BCUT2D eigenvalue weighted by Gasteiger charge is -2.12. The molecule has 1 heterocycles. The largest absolute Gasteiger partial charge is 0.480 e. The van der Waals surface area contributed by atoms with E-state index in [0.717, 1.165) is 5.69 Å². The number of aryl methyl sites for hydroxylation is 1. The van der Waals surface area contributed by atoms with Crippen molar-refractivity contribution in [3.05, 3.63) is 11.1 Å². The average molecular weight is 328 g/mol. The number of nitrogens with one attached hydrogen (secondary N) is 2. The number of amides is 3. The van der Waals surface area contributed by atoms with E-state index in [1.54, 1.807) is 12.3 Å². The number of aliphatic carboxylic acids is 1. The molecule has 1 aromatic rings. The van der Waals surface area contributed by atoms with Gasteiger partial charge < -0.3 is 21.5 Å². The zero-order chi connectivity index (χ0) is 16.7. The van der Waals surface area contributed by atoms with Crippen LogP contribution in [0.1, 0.15) is 25.0 Å². The van der Waals surface area contributed by atoms with Crippen molar-refractivity contribution in [3.63, 3.8) is 0 Å². The molecule has 0 aromatic carbocycles. The molecule has 22 heavy (non-hydrogen) atoms. The summed E-state index contributed by atoms with van der Waals surface area (Å²) in [7, 11) is 0. The maximum absolute atomic E-state index is 11.6. The lowest BCUT2D eigenvalue weighted by atomic mass is 10.2. The number of hydrogen-bond acceptors (Lipinski definition) is 6. The van der Waals surface area contributed by atoms with Gasteiger partial charge >= 0.3 is 5.97 Å². The number of nitrogens with two attached hydrogens (primary N) is 1. The second-order valence-electron chi connectivity index (χ2n) is 4.47. The minimum Gasteiger partial charge on any atom is -0.480 e. The molecule has 0 aliphatic rings. The van der Waals surface area contributed by atoms with Crippen LogP contribution in [0.25, 0.3) is 0 Å². The molecule has 0 saturated heterocycles. The van der Waals surface area contributed by atoms with Gasteiger partial charge in [0.05, 0.1) is 12.1 Å². The predicted octanol–water partition coefficient (Wildman–Crippen LogP) is -0.385. The van der Waals surface area contributed by atoms with Gasteiger partial charge in [0.25, 0.3) is 0 Å². The summed E-state index contributed by atoms with van der Waals surface area (Å²) in [4.78, 5) is 48.8. The summed E-state index contributed by atoms with van der Waals surface area (Å²) in [5.74, 6) is -3.27. The SMILES string of the molecule is Cc1csc(NC(=O)CCC(=O)NC(CC(N)=O)C(=O)O)n1. The second-order valence-corrected chi connectivity index (χ2v) is 5.33. The highest BCUT2D eigenvalue weighted by Gasteiger charge is 2.22. The van der Waals surface area contributed by atoms with E-state index in [9.17, 15) is 19.2 Å². The van der Waals surface area contributed by atoms with Crippen molar-refractivity contribution in [3.8, 4) is 0 Å². The minimum atomic E-state index is -1.39. The first-order valence-electron chi connectivity index (χ1n) is 6.30. The first-order chi connectivity index (χ1) is 10.3. The van der Waals surface area contributed by atoms with Gasteiger partial charge in [-0.05, 0) is 6.92 Å². The van der Waals surface area contributed by atoms with Crippen molar-refractivity contribution < 1.29 is 24.3 Å². The van der Waals surface area contributed by atoms with Gasteiger partial charge in [0.15, 0.2) is 5.13 Å². The van der Waals surface area contributed by atoms with Gasteiger partial charge in [-0.15, -0.1) is 11.3 Å². The van der Waals surface area contributed by atoms with E-state index in [-0.39, 0.29) is 12.8 Å². The first kappa shape index (κ1) is 17.6. The number of rotatable bonds is 8. The fraction of sp³-hybridized carbons (Fsp3) is 0.417. The highest BCUT2D eigenvalue weighted by molar-refractivity contribution is 7.13. The molecule has 0 aliphatic heterocycles. The molecule has 1 rings (SSSR count). The van der Waals surface area contributed by atoms with E-state index in [2.05, 4.69) is 15.6 Å². The van der Waals surface area contributed by atoms with Crippen LogP contribution in [0.4, 0.5) is 5.13 Å². The van der Waals surface area contributed by atoms with Crippen LogP contribution < -0.4 is 16.4 Å². The zero-order valence-electron chi connectivity index (χ0n) is 11.8. The lowest BCUT2D eigenvalue weighted by molar-refractivity contribution is -0.143. The van der Waals surface area contributed by atoms with Crippen LogP contribution in [0.5, 0.6) is 0 Å². The smallest absolute Gasteiger partial charge is 0.326 e. The highest BCUT2D eigenvalue weighted by atomic mass is 32.1. The Bertz CT molecular complexity index is 586. The Hall–Kier alpha value is -2.49. The number of anilines is 1. The molecule has 0 fully saturated rings. The molecular weight excluding hydrogens is 312 g/mol. The van der Waals surface area contributed by atoms with E-state index in [1.807, 2.05) is 0 Å². The van der Waals surface area contributed by atoms with Crippen molar-refractivity contribution >= 4 is 40.2 Å². The van der Waals surface area contributed by atoms with Crippen LogP contribution >= 0.6 is 11.3 Å². The number of carboxylic acid groups (broad SMARTS) is 1. The van der Waals surface area contributed by atoms with Crippen molar-refractivity contribution in [2.45, 2.75) is 32.2 Å². The molecule has 0 saturated carbocycles. The zero-order valence-corrected chi connectivity index (χ0v) is 12.6. The van der Waals surface area contributed by atoms with E-state index in [1.165, 1.54) is 11.3 Å². The lowest BCUT2D eigenvalue weighted by Crippen LogP contribution is -2.43. The Balaban J connectivity index is 2.39. The maximum Gasteiger partial charge on any atom is 0.326 e.